The summed E-state index contributed by atoms with van der Waals surface area (Å²) in [4.78, 5) is 135. The average molecular weight is 2520 g/mol. The monoisotopic (exact) mass is 2510 g/mol. The molecule has 31 nitrogen and oxygen atoms in total. The molecule has 4 aromatic rings. The Kier molecular flexibility index (Phi) is 55.2. The predicted octanol–water partition coefficient (Wildman–Crippen LogP) is 6.08. The summed E-state index contributed by atoms with van der Waals surface area (Å²) in [6, 6.07) is -1.39. The molecule has 0 bridgehead atoms. The van der Waals surface area contributed by atoms with Crippen LogP contribution in [0.25, 0.3) is 0 Å². The summed E-state index contributed by atoms with van der Waals surface area (Å²) in [7, 11) is 4.40. The van der Waals surface area contributed by atoms with Crippen molar-refractivity contribution in [1.29, 1.82) is 5.32 Å². The molecular weight excluding hydrogens is 2410 g/mol. The number of nitrogens with one attached hydrogen (secondary N) is 1. The molecule has 0 unspecified atom stereocenters. The maximum Gasteiger partial charge on any atom is 0 e. The zero-order chi connectivity index (χ0) is 87.9. The number of halogens is 12. The van der Waals surface area contributed by atoms with E-state index in [1.807, 2.05) is 66.3 Å². The number of hydrogen-bond donors (Lipinski definition) is 4. The van der Waals surface area contributed by atoms with Crippen molar-refractivity contribution in [1.82, 2.24) is 45.2 Å². The number of anilines is 4. The van der Waals surface area contributed by atoms with E-state index in [0.29, 0.717) is 49.5 Å². The van der Waals surface area contributed by atoms with Crippen LogP contribution in [0.3, 0.4) is 0 Å². The van der Waals surface area contributed by atoms with Crippen LogP contribution < -0.4 is 72.6 Å². The van der Waals surface area contributed by atoms with Crippen LogP contribution in [0.1, 0.15) is 151 Å². The molecule has 5 fully saturated rings. The Bertz CT molecular complexity index is 3650. The van der Waals surface area contributed by atoms with Gasteiger partial charge in [0, 0.05) is 74.8 Å². The molecule has 7 aliphatic rings. The second kappa shape index (κ2) is 62.2. The van der Waals surface area contributed by atoms with Crippen molar-refractivity contribution in [3.63, 3.8) is 0 Å². The van der Waals surface area contributed by atoms with Gasteiger partial charge in [0.25, 0.3) is 5.97 Å². The number of aliphatic carboxylic acids is 1. The van der Waals surface area contributed by atoms with E-state index < -0.39 is 121 Å². The van der Waals surface area contributed by atoms with Crippen LogP contribution in [-0.2, 0) is 80.2 Å². The van der Waals surface area contributed by atoms with Crippen molar-refractivity contribution in [2.75, 3.05) is 73.7 Å². The molecule has 109 heavy (non-hydrogen) atoms. The summed E-state index contributed by atoms with van der Waals surface area (Å²) in [5.41, 5.74) is 6.29. The standard InChI is InChI=1S/C13H17ClN4O4.C13H17ClN4O.C13H16ClN3O.C9H17NO2.C5H11NO2.C4HCl2N3O2.C4H6O.C2H4O2.CH4.Fe.H2I3.H2I2.H2I.HI.V.2H/c1-3-9(12(19)22-2)17(7-8-4-5-8)11-10(18(20)21)6-15-13(14)16-11;1-3-9-12(19)17(2)10-6-15-13(14)16-11(10)18(9)7-8-4-5-8;1-2-10-11(18)5-9-6-15-13(14)16-12(9)17(10)7-8-3-4-8;1-2-8(9(12)6-11)10-5-7-3-4-7;1-3-4(6)5(7)8-2;5-3-2(9(10)11)1-7-4(6)8-3;5-3-4-1-2-4;1-2(3)4;;;1-3-2;1-2;;;;;/h6,8-9H,3-5,7H2,1-2H3;6,8-9H,3-5,7H2,1-2H3;6,8,10H,2-5,7H2,1H3;7-8,10-11H,2-6H2,1H3;4H,3,6H2,1-2H3;1H;3-4H,1-2H2;1H3,(H,3,4);1H4;;1,3H;1H2;1H2;1H;;;/q;;;;;;;;;;-1;;-1;;+1;;/p-1/t2*9-;10-;8-;4-;;;;;;;;;;;;/m11111............/s1/i;;;;;;;;;;1D,3D;2*1D2;;;2*1+1. The number of aliphatic hydroxyl groups is 1. The number of aldehydes is 1. The predicted molar refractivity (Wildman–Crippen MR) is 460 cm³/mol. The zero-order valence-electron chi connectivity index (χ0n) is 68.4. The molecule has 6 heterocycles. The van der Waals surface area contributed by atoms with E-state index in [1.165, 1.54) is 52.7 Å². The molecule has 4 aromatic heterocycles. The van der Waals surface area contributed by atoms with Crippen LogP contribution in [0.2, 0.25) is 26.3 Å². The maximum absolute atomic E-state index is 12.4. The van der Waals surface area contributed by atoms with Crippen molar-refractivity contribution in [3.8, 4) is 0 Å². The van der Waals surface area contributed by atoms with Gasteiger partial charge in [-0.05, 0) is 173 Å². The van der Waals surface area contributed by atoms with E-state index in [-0.39, 0.29) is 116 Å². The number of carbonyl (C=O) groups is 7. The fourth-order valence-corrected chi connectivity index (χ4v) is 10.5. The second-order valence-corrected chi connectivity index (χ2v) is 42.1. The number of fused-ring (bicyclic) bond motifs is 2. The minimum Gasteiger partial charge on any atom is 0 e. The first kappa shape index (κ1) is 96.8. The first-order valence-corrected chi connectivity index (χ1v) is 58.5. The van der Waals surface area contributed by atoms with Crippen molar-refractivity contribution < 1.29 is 136 Å². The largest absolute Gasteiger partial charge is 0 e. The molecule has 5 saturated carbocycles. The van der Waals surface area contributed by atoms with Gasteiger partial charge in [-0.25, -0.2) is 29.7 Å². The Balaban J connectivity index is -0.00000127. The zero-order valence-corrected chi connectivity index (χ0v) is 81.8. The molecule has 0 radical (unpaired) electrons. The topological polar surface area (TPSA) is 419 Å². The molecule has 1 amide bonds. The van der Waals surface area contributed by atoms with Crippen LogP contribution in [-0.4, -0.2) is 191 Å². The number of nitro groups is 2. The van der Waals surface area contributed by atoms with E-state index in [2.05, 4.69) is 85.3 Å². The van der Waals surface area contributed by atoms with Gasteiger partial charge in [-0.3, -0.25) is 44.2 Å². The Morgan fingerprint density at radius 2 is 1.28 bits per heavy atom. The number of nitrogens with zero attached hydrogens (tertiary/aromatic N) is 14. The van der Waals surface area contributed by atoms with Gasteiger partial charge in [-0.2, -0.15) is 15.0 Å². The van der Waals surface area contributed by atoms with Gasteiger partial charge in [0.2, 0.25) is 38.0 Å². The molecule has 5 atom stereocenters. The third-order valence-corrected chi connectivity index (χ3v) is 17.2. The van der Waals surface area contributed by atoms with Crippen molar-refractivity contribution in [2.24, 2.45) is 35.3 Å². The fourth-order valence-electron chi connectivity index (χ4n) is 9.73. The fraction of sp³-hybridized carbons (Fsp3) is 0.641. The van der Waals surface area contributed by atoms with Gasteiger partial charge in [0.1, 0.15) is 54.9 Å². The van der Waals surface area contributed by atoms with E-state index >= 15 is 0 Å². The quantitative estimate of drug-likeness (QED) is 0.00901. The number of hydrogen-bond acceptors (Lipinski definition) is 27. The minimum absolute atomic E-state index is 0. The van der Waals surface area contributed by atoms with Crippen LogP contribution in [0.15, 0.2) is 24.8 Å². The smallest absolute Gasteiger partial charge is 0 e. The van der Waals surface area contributed by atoms with Crippen LogP contribution in [0.4, 0.5) is 34.5 Å². The van der Waals surface area contributed by atoms with Crippen molar-refractivity contribution in [2.45, 2.75) is 182 Å². The number of methoxy groups -OCH3 is 2. The Labute approximate surface area is 767 Å². The van der Waals surface area contributed by atoms with Crippen LogP contribution in [0, 0.1) is 49.8 Å². The van der Waals surface area contributed by atoms with Crippen LogP contribution >= 0.6 is 146 Å². The summed E-state index contributed by atoms with van der Waals surface area (Å²) < 4.78 is 60.1. The van der Waals surface area contributed by atoms with Gasteiger partial charge in [0.15, 0.2) is 17.4 Å². The number of carboxylic acids is 1. The van der Waals surface area contributed by atoms with Gasteiger partial charge in [0.05, 0.1) is 42.3 Å². The summed E-state index contributed by atoms with van der Waals surface area (Å²) in [6.07, 6.45) is 22.2. The molecule has 11 rings (SSSR count). The number of ketones is 2. The van der Waals surface area contributed by atoms with Crippen LogP contribution in [0.5, 0.6) is 0 Å². The number of likely N-dealkylation sites (N-methyl/N-ethyl adjacent to an activating group) is 1. The van der Waals surface area contributed by atoms with Gasteiger partial charge >= 0.3 is 173 Å². The molecule has 45 heteroatoms. The molecular formula is C64H101Cl5FeI7N16O15V-2. The Morgan fingerprint density at radius 3 is 1.67 bits per heavy atom. The maximum atomic E-state index is 12.4. The normalized spacial score (nSPS) is 17.7. The molecule has 0 aromatic carbocycles. The number of ether oxygens (including phenoxy) is 2. The molecule has 5 aliphatic carbocycles. The number of esters is 2. The number of nitrogens with two attached hydrogens (primary N) is 1. The van der Waals surface area contributed by atoms with E-state index in [9.17, 15) is 49.0 Å². The van der Waals surface area contributed by atoms with Gasteiger partial charge < -0.3 is 55.1 Å². The summed E-state index contributed by atoms with van der Waals surface area (Å²) in [5.74, 6) is 3.44. The number of aromatic nitrogens is 8. The number of rotatable bonds is 24. The summed E-state index contributed by atoms with van der Waals surface area (Å²) >= 11 is 27.9. The van der Waals surface area contributed by atoms with Gasteiger partial charge in [-0.1, -0.05) is 53.6 Å². The van der Waals surface area contributed by atoms with Crippen molar-refractivity contribution >= 4 is 223 Å². The summed E-state index contributed by atoms with van der Waals surface area (Å²) in [6.45, 7) is 13.7. The third-order valence-electron chi connectivity index (χ3n) is 16.1. The molecule has 0 spiro atoms. The number of amides is 1. The average Bonchev–Trinajstić information content (AvgIpc) is 1.63. The number of carboxylic acid groups (broad SMARTS) is 1. The van der Waals surface area contributed by atoms with E-state index in [0.717, 1.165) is 119 Å². The minimum atomic E-state index is -1.79. The molecule has 626 valence electrons. The number of carbonyl (C=O) groups excluding carboxylic acids is 6. The van der Waals surface area contributed by atoms with E-state index in [4.69, 9.17) is 88.8 Å². The number of aliphatic hydroxyl groups excluding tert-OH is 1. The van der Waals surface area contributed by atoms with Gasteiger partial charge in [-0.15, -0.1) is 0 Å². The Morgan fingerprint density at radius 1 is 0.835 bits per heavy atom. The second-order valence-electron chi connectivity index (χ2n) is 24.2. The SMILES string of the molecule is C.CC(=O)O.CC[C@@H](N)C(=O)OC.CC[C@@H](NCC1CC1)C(=O)CO.CC[C@@H]1C(=O)Cc2cnc(Cl)nc2N1CC1CC1.CC[C@@H]1C(=O)N(C)c2cnc(Cl)nc2N1CC1CC1.CC[C@H](C(=O)OC)N(CC1CC1)c1nc(Cl)ncc1[N+](=O)[O-].O=CC1CC1.O=[N+]([O-])c1cnc(Cl)nc1Cl.[2H]I([2H])I.[2H][I-]I([2H])I.[2H][I-][2H].[2H][V]([2H])[I].[Fe]. The Hall–Kier alpha value is -1.05. The first-order chi connectivity index (χ1) is 54.2. The molecule has 0 saturated heterocycles. The van der Waals surface area contributed by atoms with Crippen molar-refractivity contribution in [3.05, 3.63) is 76.9 Å². The molecule has 2 aliphatic heterocycles. The number of Topliss-reactive ketones (excluding diaryl/α,β-unsaturated/α-hetero) is 2. The third kappa shape index (κ3) is 43.3. The summed E-state index contributed by atoms with van der Waals surface area (Å²) in [5, 5.41) is 40.6. The van der Waals surface area contributed by atoms with E-state index in [1.54, 1.807) is 29.2 Å². The first-order valence-electron chi connectivity index (χ1n) is 36.4. The molecule has 5 N–H and O–H groups in total.